The first-order valence-electron chi connectivity index (χ1n) is 7.78. The molecule has 0 aliphatic carbocycles. The lowest BCUT2D eigenvalue weighted by Gasteiger charge is -2.32. The predicted octanol–water partition coefficient (Wildman–Crippen LogP) is 3.79. The molecule has 0 saturated heterocycles. The van der Waals surface area contributed by atoms with Crippen molar-refractivity contribution in [3.63, 3.8) is 0 Å². The van der Waals surface area contributed by atoms with E-state index in [2.05, 4.69) is 62.4 Å². The van der Waals surface area contributed by atoms with Crippen molar-refractivity contribution < 1.29 is 0 Å². The van der Waals surface area contributed by atoms with Crippen LogP contribution in [0.5, 0.6) is 0 Å². The number of likely N-dealkylation sites (N-methyl/N-ethyl adjacent to an activating group) is 1. The lowest BCUT2D eigenvalue weighted by Crippen LogP contribution is -2.44. The number of fused-ring (bicyclic) bond motifs is 1. The van der Waals surface area contributed by atoms with E-state index in [1.807, 2.05) is 11.8 Å². The third-order valence-electron chi connectivity index (χ3n) is 4.53. The lowest BCUT2D eigenvalue weighted by atomic mass is 9.93. The molecule has 0 radical (unpaired) electrons. The number of nitrogens with zero attached hydrogens (tertiary/aromatic N) is 1. The minimum absolute atomic E-state index is 0.521. The Labute approximate surface area is 128 Å². The summed E-state index contributed by atoms with van der Waals surface area (Å²) in [5.74, 6) is 1.95. The molecule has 1 heterocycles. The molecule has 2 atom stereocenters. The van der Waals surface area contributed by atoms with Crippen LogP contribution in [0.1, 0.15) is 38.3 Å². The van der Waals surface area contributed by atoms with Gasteiger partial charge in [-0.25, -0.2) is 0 Å². The van der Waals surface area contributed by atoms with Crippen LogP contribution in [0.4, 0.5) is 0 Å². The Balaban J connectivity index is 1.97. The first-order valence-corrected chi connectivity index (χ1v) is 8.77. The van der Waals surface area contributed by atoms with Crippen LogP contribution in [0.15, 0.2) is 29.2 Å². The summed E-state index contributed by atoms with van der Waals surface area (Å²) in [5, 5.41) is 3.81. The van der Waals surface area contributed by atoms with Gasteiger partial charge in [0.15, 0.2) is 0 Å². The molecule has 0 aromatic heterocycles. The van der Waals surface area contributed by atoms with E-state index in [1.165, 1.54) is 29.1 Å². The second-order valence-electron chi connectivity index (χ2n) is 5.92. The molecular formula is C17H28N2S. The van der Waals surface area contributed by atoms with Gasteiger partial charge >= 0.3 is 0 Å². The third kappa shape index (κ3) is 3.57. The minimum Gasteiger partial charge on any atom is -0.308 e. The van der Waals surface area contributed by atoms with E-state index in [-0.39, 0.29) is 0 Å². The topological polar surface area (TPSA) is 15.3 Å². The molecule has 20 heavy (non-hydrogen) atoms. The SMILES string of the molecule is CCC(CC)C(CNC1CSc2ccccc21)N(C)C. The van der Waals surface area contributed by atoms with Crippen molar-refractivity contribution in [2.24, 2.45) is 5.92 Å². The van der Waals surface area contributed by atoms with E-state index in [0.717, 1.165) is 12.5 Å². The quantitative estimate of drug-likeness (QED) is 0.823. The Morgan fingerprint density at radius 1 is 1.25 bits per heavy atom. The van der Waals surface area contributed by atoms with Crippen molar-refractivity contribution in [1.29, 1.82) is 0 Å². The van der Waals surface area contributed by atoms with Gasteiger partial charge in [-0.15, -0.1) is 11.8 Å². The molecule has 3 heteroatoms. The molecule has 0 saturated carbocycles. The highest BCUT2D eigenvalue weighted by molar-refractivity contribution is 7.99. The lowest BCUT2D eigenvalue weighted by molar-refractivity contribution is 0.190. The van der Waals surface area contributed by atoms with Crippen molar-refractivity contribution >= 4 is 11.8 Å². The van der Waals surface area contributed by atoms with Crippen molar-refractivity contribution in [3.05, 3.63) is 29.8 Å². The van der Waals surface area contributed by atoms with E-state index in [1.54, 1.807) is 0 Å². The number of hydrogen-bond acceptors (Lipinski definition) is 3. The zero-order chi connectivity index (χ0) is 14.5. The summed E-state index contributed by atoms with van der Waals surface area (Å²) in [6.07, 6.45) is 2.52. The molecule has 0 fully saturated rings. The molecule has 1 aliphatic rings. The maximum atomic E-state index is 3.81. The summed E-state index contributed by atoms with van der Waals surface area (Å²) >= 11 is 1.98. The Bertz CT molecular complexity index is 415. The monoisotopic (exact) mass is 292 g/mol. The summed E-state index contributed by atoms with van der Waals surface area (Å²) in [7, 11) is 4.42. The Morgan fingerprint density at radius 3 is 2.60 bits per heavy atom. The van der Waals surface area contributed by atoms with Crippen LogP contribution in [-0.4, -0.2) is 37.3 Å². The summed E-state index contributed by atoms with van der Waals surface area (Å²) in [4.78, 5) is 3.84. The van der Waals surface area contributed by atoms with E-state index in [0.29, 0.717) is 12.1 Å². The van der Waals surface area contributed by atoms with Crippen LogP contribution in [0.2, 0.25) is 0 Å². The molecular weight excluding hydrogens is 264 g/mol. The Kier molecular flexibility index (Phi) is 5.94. The van der Waals surface area contributed by atoms with Gasteiger partial charge in [-0.2, -0.15) is 0 Å². The van der Waals surface area contributed by atoms with Gasteiger partial charge in [0.1, 0.15) is 0 Å². The highest BCUT2D eigenvalue weighted by Gasteiger charge is 2.25. The molecule has 1 aromatic carbocycles. The van der Waals surface area contributed by atoms with Gasteiger partial charge in [-0.05, 0) is 31.6 Å². The van der Waals surface area contributed by atoms with Crippen LogP contribution in [0.25, 0.3) is 0 Å². The maximum Gasteiger partial charge on any atom is 0.0427 e. The van der Waals surface area contributed by atoms with Gasteiger partial charge in [-0.3, -0.25) is 0 Å². The number of nitrogens with one attached hydrogen (secondary N) is 1. The van der Waals surface area contributed by atoms with E-state index >= 15 is 0 Å². The first kappa shape index (κ1) is 15.9. The van der Waals surface area contributed by atoms with E-state index < -0.39 is 0 Å². The van der Waals surface area contributed by atoms with Crippen molar-refractivity contribution in [3.8, 4) is 0 Å². The fourth-order valence-corrected chi connectivity index (χ4v) is 4.39. The molecule has 0 amide bonds. The Hall–Kier alpha value is -0.510. The zero-order valence-electron chi connectivity index (χ0n) is 13.2. The van der Waals surface area contributed by atoms with Gasteiger partial charge in [0.2, 0.25) is 0 Å². The maximum absolute atomic E-state index is 3.81. The number of hydrogen-bond donors (Lipinski definition) is 1. The molecule has 2 unspecified atom stereocenters. The van der Waals surface area contributed by atoms with Gasteiger partial charge in [0.05, 0.1) is 0 Å². The highest BCUT2D eigenvalue weighted by atomic mass is 32.2. The third-order valence-corrected chi connectivity index (χ3v) is 5.71. The second-order valence-corrected chi connectivity index (χ2v) is 6.98. The summed E-state index contributed by atoms with van der Waals surface area (Å²) in [6.45, 7) is 5.70. The van der Waals surface area contributed by atoms with E-state index in [9.17, 15) is 0 Å². The normalized spacial score (nSPS) is 19.6. The van der Waals surface area contributed by atoms with Crippen LogP contribution in [0.3, 0.4) is 0 Å². The summed E-state index contributed by atoms with van der Waals surface area (Å²) in [5.41, 5.74) is 1.49. The molecule has 1 N–H and O–H groups in total. The van der Waals surface area contributed by atoms with Crippen molar-refractivity contribution in [2.45, 2.75) is 43.7 Å². The molecule has 0 bridgehead atoms. The fourth-order valence-electron chi connectivity index (χ4n) is 3.20. The van der Waals surface area contributed by atoms with Gasteiger partial charge in [-0.1, -0.05) is 44.9 Å². The zero-order valence-corrected chi connectivity index (χ0v) is 14.0. The van der Waals surface area contributed by atoms with Crippen molar-refractivity contribution in [1.82, 2.24) is 10.2 Å². The average Bonchev–Trinajstić information content (AvgIpc) is 2.86. The molecule has 2 rings (SSSR count). The molecule has 2 nitrogen and oxygen atoms in total. The van der Waals surface area contributed by atoms with Crippen LogP contribution in [0, 0.1) is 5.92 Å². The minimum atomic E-state index is 0.521. The van der Waals surface area contributed by atoms with Gasteiger partial charge in [0.25, 0.3) is 0 Å². The fraction of sp³-hybridized carbons (Fsp3) is 0.647. The number of benzene rings is 1. The van der Waals surface area contributed by atoms with Crippen LogP contribution in [-0.2, 0) is 0 Å². The Morgan fingerprint density at radius 2 is 1.95 bits per heavy atom. The van der Waals surface area contributed by atoms with Crippen LogP contribution < -0.4 is 5.32 Å². The summed E-state index contributed by atoms with van der Waals surface area (Å²) < 4.78 is 0. The highest BCUT2D eigenvalue weighted by Crippen LogP contribution is 2.37. The van der Waals surface area contributed by atoms with Crippen LogP contribution >= 0.6 is 11.8 Å². The average molecular weight is 292 g/mol. The van der Waals surface area contributed by atoms with E-state index in [4.69, 9.17) is 0 Å². The van der Waals surface area contributed by atoms with Gasteiger partial charge < -0.3 is 10.2 Å². The second kappa shape index (κ2) is 7.48. The molecule has 1 aliphatic heterocycles. The molecule has 112 valence electrons. The van der Waals surface area contributed by atoms with Gasteiger partial charge in [0, 0.05) is 29.3 Å². The first-order chi connectivity index (χ1) is 9.67. The largest absolute Gasteiger partial charge is 0.308 e. The number of thioether (sulfide) groups is 1. The standard InChI is InChI=1S/C17H28N2S/c1-5-13(6-2)16(19(3)4)11-18-15-12-20-17-10-8-7-9-14(15)17/h7-10,13,15-16,18H,5-6,11-12H2,1-4H3. The molecule has 1 aromatic rings. The predicted molar refractivity (Wildman–Crippen MR) is 89.5 cm³/mol. The molecule has 0 spiro atoms. The summed E-state index contributed by atoms with van der Waals surface area (Å²) in [6, 6.07) is 9.96. The number of rotatable bonds is 7. The van der Waals surface area contributed by atoms with Crippen molar-refractivity contribution in [2.75, 3.05) is 26.4 Å². The smallest absolute Gasteiger partial charge is 0.0427 e.